The third-order valence-corrected chi connectivity index (χ3v) is 21.5. The Labute approximate surface area is 646 Å². The zero-order valence-corrected chi connectivity index (χ0v) is 66.3. The summed E-state index contributed by atoms with van der Waals surface area (Å²) in [5, 5.41) is 0. The minimum absolute atomic E-state index is 0. The fraction of sp³-hybridized carbons (Fsp3) is 0.362. The van der Waals surface area contributed by atoms with Crippen molar-refractivity contribution in [2.45, 2.75) is 163 Å². The van der Waals surface area contributed by atoms with Crippen molar-refractivity contribution in [1.82, 2.24) is 19.9 Å². The van der Waals surface area contributed by atoms with E-state index in [1.165, 1.54) is 96.0 Å². The molecule has 1 saturated heterocycles. The molecule has 6 aromatic carbocycles. The standard InChI is InChI=1S/C94H103N5O7.Zn/c1-6-9-12-15-18-24-59-102-75-43-33-68(34-44-75)89-81-51-53-83(95-81)90(69-35-45-76(46-36-69)103-60-25-19-16-13-10-7-2)85-55-57-87(97-85)92(88-58-56-86(98-88)91(84-54-52-82(89)96-84)70-37-47-77(48-38-70)104-61-26-20-17-14-11-8-3)71-39-49-78(50-40-71)106-93(100)66(5)105-94(101)72-31-41-74(42-32-72)99-63-79-65(4)62-73(80(79)64-99)30-29-67-27-22-21-23-28-67;/h21-23,27-58,65-66,73,79-80H,6-20,24-26,59-64H2,1-5H3;/q-2;+2/b30-29+,89-81?,89-82?,90-83?,90-85?,91-84?,91-86?,92-87?,92-88?;/t65-,66+,73+,79+,80-;/m1./s1. The van der Waals surface area contributed by atoms with Gasteiger partial charge in [0, 0.05) is 18.8 Å². The summed E-state index contributed by atoms with van der Waals surface area (Å²) in [5.41, 5.74) is 15.4. The van der Waals surface area contributed by atoms with Crippen LogP contribution >= 0.6 is 0 Å². The second-order valence-corrected chi connectivity index (χ2v) is 29.2. The molecule has 548 valence electrons. The number of allylic oxidation sites excluding steroid dienone is 1. The zero-order chi connectivity index (χ0) is 73.0. The first-order chi connectivity index (χ1) is 52.1. The normalized spacial score (nSPS) is 16.0. The molecule has 13 rings (SSSR count). The molecule has 4 aliphatic rings. The van der Waals surface area contributed by atoms with Crippen LogP contribution in [0.3, 0.4) is 0 Å². The molecule has 1 saturated carbocycles. The average Bonchev–Trinajstić information content (AvgIpc) is 1.63. The molecule has 0 unspecified atom stereocenters. The fourth-order valence-corrected chi connectivity index (χ4v) is 15.5. The summed E-state index contributed by atoms with van der Waals surface area (Å²) in [6.45, 7) is 14.6. The monoisotopic (exact) mass is 1480 g/mol. The first-order valence-corrected chi connectivity index (χ1v) is 39.4. The first kappa shape index (κ1) is 77.1. The Morgan fingerprint density at radius 1 is 0.458 bits per heavy atom. The van der Waals surface area contributed by atoms with Gasteiger partial charge in [-0.3, -0.25) is 0 Å². The number of nitrogens with zero attached hydrogens (tertiary/aromatic N) is 5. The zero-order valence-electron chi connectivity index (χ0n) is 63.4. The Kier molecular flexibility index (Phi) is 27.6. The van der Waals surface area contributed by atoms with E-state index in [2.05, 4.69) is 160 Å². The van der Waals surface area contributed by atoms with Gasteiger partial charge in [0.2, 0.25) is 0 Å². The number of carbonyl (C=O) groups excluding carboxylic acids is 2. The molecule has 13 heteroatoms. The number of anilines is 1. The maximum Gasteiger partial charge on any atom is 2.00 e. The van der Waals surface area contributed by atoms with Crippen LogP contribution in [-0.4, -0.2) is 60.9 Å². The van der Waals surface area contributed by atoms with Gasteiger partial charge in [-0.05, 0) is 203 Å². The number of aromatic nitrogens is 4. The van der Waals surface area contributed by atoms with E-state index in [9.17, 15) is 9.59 Å². The molecular formula is C94H103N5O7Zn. The van der Waals surface area contributed by atoms with Gasteiger partial charge in [-0.15, -0.1) is 22.1 Å². The van der Waals surface area contributed by atoms with E-state index in [1.807, 2.05) is 60.7 Å². The molecule has 0 radical (unpaired) electrons. The maximum absolute atomic E-state index is 13.9. The molecular weight excluding hydrogens is 1380 g/mol. The van der Waals surface area contributed by atoms with E-state index in [1.54, 1.807) is 24.3 Å². The van der Waals surface area contributed by atoms with Gasteiger partial charge in [0.15, 0.2) is 6.10 Å². The smallest absolute Gasteiger partial charge is 0.657 e. The van der Waals surface area contributed by atoms with E-state index in [0.717, 1.165) is 153 Å². The molecule has 3 aliphatic heterocycles. The van der Waals surface area contributed by atoms with Crippen LogP contribution in [0, 0.1) is 23.7 Å². The Morgan fingerprint density at radius 2 is 0.832 bits per heavy atom. The van der Waals surface area contributed by atoms with Crippen LogP contribution in [-0.2, 0) is 29.0 Å². The van der Waals surface area contributed by atoms with E-state index >= 15 is 0 Å². The van der Waals surface area contributed by atoms with Crippen molar-refractivity contribution in [3.63, 3.8) is 0 Å². The van der Waals surface area contributed by atoms with Crippen molar-refractivity contribution in [3.8, 4) is 67.5 Å². The van der Waals surface area contributed by atoms with E-state index in [-0.39, 0.29) is 25.2 Å². The van der Waals surface area contributed by atoms with Gasteiger partial charge >= 0.3 is 31.4 Å². The number of hydrogen-bond donors (Lipinski definition) is 0. The van der Waals surface area contributed by atoms with Crippen LogP contribution in [0.1, 0.15) is 195 Å². The van der Waals surface area contributed by atoms with Gasteiger partial charge in [-0.25, -0.2) is 19.6 Å². The van der Waals surface area contributed by atoms with Gasteiger partial charge in [-0.1, -0.05) is 239 Å². The quantitative estimate of drug-likeness (QED) is 0.0162. The number of fused-ring (bicyclic) bond motifs is 9. The largest absolute Gasteiger partial charge is 2.00 e. The minimum atomic E-state index is -1.19. The summed E-state index contributed by atoms with van der Waals surface area (Å²) in [6.07, 6.45) is 34.4. The summed E-state index contributed by atoms with van der Waals surface area (Å²) in [4.78, 5) is 52.2. The minimum Gasteiger partial charge on any atom is -0.657 e. The molecule has 3 aromatic heterocycles. The molecule has 5 atom stereocenters. The average molecular weight is 1480 g/mol. The van der Waals surface area contributed by atoms with Crippen molar-refractivity contribution >= 4 is 70.1 Å². The van der Waals surface area contributed by atoms with Crippen LogP contribution < -0.4 is 33.8 Å². The Bertz CT molecular complexity index is 4600. The summed E-state index contributed by atoms with van der Waals surface area (Å²) < 4.78 is 30.8. The molecule has 8 bridgehead atoms. The number of benzene rings is 6. The Hall–Kier alpha value is -9.58. The van der Waals surface area contributed by atoms with Gasteiger partial charge < -0.3 is 38.6 Å². The number of rotatable bonds is 35. The maximum atomic E-state index is 13.9. The third-order valence-electron chi connectivity index (χ3n) is 21.5. The SMILES string of the molecule is CCCCCCCCOc1ccc(-c2c3nc(c(-c4ccc(OCCCCCCCC)cc4)c4ccc([n-]4)c(-c4ccc(OC(=O)[C@H](C)OC(=O)c5ccc(N6C[C@@H]7[C@H](C6)[C@@H](/C=C/c6ccccc6)C[C@H]7C)cc5)cc4)c4nc(c(-c5ccc(OCCCCCCCC)cc5)c5ccc2[n-]5)C=C4)C=C3)cc1.[Zn+2]. The van der Waals surface area contributed by atoms with Crippen LogP contribution in [0.2, 0.25) is 0 Å². The van der Waals surface area contributed by atoms with Crippen LogP contribution in [0.15, 0.2) is 182 Å². The molecule has 0 spiro atoms. The Morgan fingerprint density at radius 3 is 1.23 bits per heavy atom. The summed E-state index contributed by atoms with van der Waals surface area (Å²) in [6, 6.07) is 58.7. The number of hydrogen-bond acceptors (Lipinski definition) is 10. The molecule has 0 amide bonds. The van der Waals surface area contributed by atoms with Crippen LogP contribution in [0.25, 0.3) is 97.0 Å². The predicted molar refractivity (Wildman–Crippen MR) is 434 cm³/mol. The van der Waals surface area contributed by atoms with Crippen molar-refractivity contribution in [2.24, 2.45) is 23.7 Å². The molecule has 12 nitrogen and oxygen atoms in total. The summed E-state index contributed by atoms with van der Waals surface area (Å²) in [7, 11) is 0. The molecule has 2 fully saturated rings. The van der Waals surface area contributed by atoms with Crippen LogP contribution in [0.5, 0.6) is 23.0 Å². The van der Waals surface area contributed by atoms with E-state index < -0.39 is 18.0 Å². The predicted octanol–water partition coefficient (Wildman–Crippen LogP) is 23.4. The van der Waals surface area contributed by atoms with E-state index in [0.29, 0.717) is 60.3 Å². The number of ether oxygens (including phenoxy) is 5. The van der Waals surface area contributed by atoms with Crippen molar-refractivity contribution < 1.29 is 52.8 Å². The number of unbranched alkanes of at least 4 members (excludes halogenated alkanes) is 15. The van der Waals surface area contributed by atoms with Gasteiger partial charge in [0.25, 0.3) is 0 Å². The fourth-order valence-electron chi connectivity index (χ4n) is 15.5. The molecule has 6 heterocycles. The van der Waals surface area contributed by atoms with Gasteiger partial charge in [0.05, 0.1) is 48.2 Å². The third kappa shape index (κ3) is 19.8. The van der Waals surface area contributed by atoms with Crippen molar-refractivity contribution in [1.29, 1.82) is 0 Å². The number of esters is 2. The second-order valence-electron chi connectivity index (χ2n) is 29.2. The van der Waals surface area contributed by atoms with Crippen molar-refractivity contribution in [2.75, 3.05) is 37.8 Å². The first-order valence-electron chi connectivity index (χ1n) is 39.4. The van der Waals surface area contributed by atoms with Crippen LogP contribution in [0.4, 0.5) is 5.69 Å². The number of carbonyl (C=O) groups is 2. The molecule has 107 heavy (non-hydrogen) atoms. The van der Waals surface area contributed by atoms with Gasteiger partial charge in [-0.2, -0.15) is 0 Å². The molecule has 1 aliphatic carbocycles. The van der Waals surface area contributed by atoms with Gasteiger partial charge in [0.1, 0.15) is 23.0 Å². The topological polar surface area (TPSA) is 138 Å². The summed E-state index contributed by atoms with van der Waals surface area (Å²) >= 11 is 0. The Balaban J connectivity index is 0.0000107. The second kappa shape index (κ2) is 38.3. The summed E-state index contributed by atoms with van der Waals surface area (Å²) in [5.74, 6) is 3.76. The van der Waals surface area contributed by atoms with Crippen molar-refractivity contribution in [3.05, 3.63) is 216 Å². The molecule has 0 N–H and O–H groups in total. The van der Waals surface area contributed by atoms with E-state index in [4.69, 9.17) is 43.6 Å². The molecule has 9 aromatic rings.